The molecule has 2 amide bonds. The molecular weight excluding hydrogens is 866 g/mol. The van der Waals surface area contributed by atoms with Gasteiger partial charge in [0.1, 0.15) is 0 Å². The molecule has 0 spiro atoms. The molecule has 4 aromatic carbocycles. The van der Waals surface area contributed by atoms with Crippen LogP contribution in [-0.2, 0) is 30.2 Å². The third-order valence-electron chi connectivity index (χ3n) is 12.0. The Labute approximate surface area is 384 Å². The van der Waals surface area contributed by atoms with Crippen LogP contribution in [0.5, 0.6) is 0 Å². The summed E-state index contributed by atoms with van der Waals surface area (Å²) in [6.45, 7) is 16.5. The van der Waals surface area contributed by atoms with Gasteiger partial charge in [0.25, 0.3) is 30.9 Å². The smallest absolute Gasteiger partial charge is 0.268 e. The maximum atomic E-state index is 13.4. The van der Waals surface area contributed by atoms with Gasteiger partial charge in [-0.1, -0.05) is 53.6 Å². The highest BCUT2D eigenvalue weighted by molar-refractivity contribution is 8.13. The van der Waals surface area contributed by atoms with Gasteiger partial charge in [-0.2, -0.15) is 0 Å². The number of aryl methyl sites for hydroxylation is 6. The second-order valence-electron chi connectivity index (χ2n) is 17.3. The van der Waals surface area contributed by atoms with Gasteiger partial charge in [0.15, 0.2) is 0 Å². The predicted octanol–water partition coefficient (Wildman–Crippen LogP) is 10.6. The monoisotopic (exact) mass is 927 g/mol. The van der Waals surface area contributed by atoms with Crippen LogP contribution in [0.1, 0.15) is 117 Å². The van der Waals surface area contributed by atoms with E-state index >= 15 is 0 Å². The van der Waals surface area contributed by atoms with Gasteiger partial charge in [0, 0.05) is 72.8 Å². The molecule has 9 rings (SSSR count). The Balaban J connectivity index is 0.000000163. The van der Waals surface area contributed by atoms with E-state index in [1.807, 2.05) is 73.9 Å². The van der Waals surface area contributed by atoms with E-state index in [-0.39, 0.29) is 16.7 Å². The van der Waals surface area contributed by atoms with Crippen LogP contribution in [0.3, 0.4) is 0 Å². The summed E-state index contributed by atoms with van der Waals surface area (Å²) in [5, 5.41) is 0.749. The number of piperidine rings is 2. The highest BCUT2D eigenvalue weighted by atomic mass is 35.7. The SMILES string of the molecule is C1CCOC1.Cc1cc(C)c(S(=O)(=O)Cl)c(C)c1.Cc1cc(C)c(S(=O)(=O)n2ccc3cc(C(=O)N4CCCCC4)ccc32)c(C)c1.O=C(c1ccc2c(c1)C=CC2)N1CCCCC1. The molecule has 0 N–H and O–H groups in total. The summed E-state index contributed by atoms with van der Waals surface area (Å²) in [5.41, 5.74) is 9.54. The number of carbonyl (C=O) groups excluding carboxylic acids is 2. The van der Waals surface area contributed by atoms with Crippen molar-refractivity contribution < 1.29 is 31.2 Å². The number of aromatic nitrogens is 1. The second-order valence-corrected chi connectivity index (χ2v) is 21.6. The number of halogens is 1. The van der Waals surface area contributed by atoms with Crippen LogP contribution in [0, 0.1) is 41.5 Å². The van der Waals surface area contributed by atoms with Gasteiger partial charge in [-0.15, -0.1) is 0 Å². The fourth-order valence-electron chi connectivity index (χ4n) is 9.13. The van der Waals surface area contributed by atoms with E-state index in [1.54, 1.807) is 44.3 Å². The second kappa shape index (κ2) is 21.5. The molecule has 3 fully saturated rings. The number of hydrogen-bond donors (Lipinski definition) is 0. The standard InChI is InChI=1S/C23H26N2O3S.C15H17NO.C9H11ClO2S.C4H8O/c1-16-13-17(2)22(18(3)14-16)29(27,28)25-12-9-19-15-20(7-8-21(19)25)23(26)24-10-5-4-6-11-24;17-15(16-9-2-1-3-10-16)14-8-7-12-5-4-6-13(12)11-14;1-6-4-7(2)9(8(3)5-6)13(10,11)12;1-2-4-5-3-1/h7-9,12-15H,4-6,10-11H2,1-3H3;4,6-8,11H,1-3,5,9-10H2;4-5H,1-3H3;1-4H2. The Bertz CT molecular complexity index is 2690. The molecule has 3 saturated heterocycles. The molecule has 1 aliphatic carbocycles. The van der Waals surface area contributed by atoms with Crippen LogP contribution in [0.4, 0.5) is 0 Å². The number of fused-ring (bicyclic) bond motifs is 2. The number of nitrogens with zero attached hydrogens (tertiary/aromatic N) is 3. The van der Waals surface area contributed by atoms with Crippen LogP contribution >= 0.6 is 10.7 Å². The summed E-state index contributed by atoms with van der Waals surface area (Å²) in [5.74, 6) is 0.222. The van der Waals surface area contributed by atoms with E-state index < -0.39 is 19.1 Å². The number of likely N-dealkylation sites (tertiary alicyclic amines) is 2. The number of hydrogen-bond acceptors (Lipinski definition) is 7. The molecule has 0 bridgehead atoms. The molecule has 64 heavy (non-hydrogen) atoms. The van der Waals surface area contributed by atoms with Crippen molar-refractivity contribution in [1.82, 2.24) is 13.8 Å². The molecule has 1 aromatic heterocycles. The molecule has 4 heterocycles. The normalized spacial score (nSPS) is 15.9. The highest BCUT2D eigenvalue weighted by Crippen LogP contribution is 2.29. The minimum Gasteiger partial charge on any atom is -0.381 e. The molecule has 4 aliphatic rings. The molecule has 0 unspecified atom stereocenters. The minimum absolute atomic E-state index is 0.0208. The fraction of sp³-hybridized carbons (Fsp3) is 0.412. The first-order valence-corrected chi connectivity index (χ1v) is 26.1. The van der Waals surface area contributed by atoms with Crippen molar-refractivity contribution in [2.75, 3.05) is 39.4 Å². The van der Waals surface area contributed by atoms with Crippen molar-refractivity contribution in [1.29, 1.82) is 0 Å². The topological polar surface area (TPSA) is 123 Å². The molecule has 13 heteroatoms. The number of ether oxygens (including phenoxy) is 1. The zero-order valence-electron chi connectivity index (χ0n) is 38.1. The molecule has 0 radical (unpaired) electrons. The zero-order chi connectivity index (χ0) is 46.2. The zero-order valence-corrected chi connectivity index (χ0v) is 40.5. The summed E-state index contributed by atoms with van der Waals surface area (Å²) in [6.07, 6.45) is 16.2. The van der Waals surface area contributed by atoms with Crippen LogP contribution < -0.4 is 0 Å². The Kier molecular flexibility index (Phi) is 16.4. The molecule has 5 aromatic rings. The van der Waals surface area contributed by atoms with Gasteiger partial charge >= 0.3 is 0 Å². The van der Waals surface area contributed by atoms with Gasteiger partial charge < -0.3 is 14.5 Å². The van der Waals surface area contributed by atoms with E-state index in [0.29, 0.717) is 27.1 Å². The largest absolute Gasteiger partial charge is 0.381 e. The lowest BCUT2D eigenvalue weighted by molar-refractivity contribution is 0.0717. The first kappa shape index (κ1) is 48.7. The summed E-state index contributed by atoms with van der Waals surface area (Å²) in [4.78, 5) is 29.5. The quantitative estimate of drug-likeness (QED) is 0.161. The Morgan fingerprint density at radius 1 is 0.578 bits per heavy atom. The summed E-state index contributed by atoms with van der Waals surface area (Å²) in [7, 11) is -2.05. The lowest BCUT2D eigenvalue weighted by Crippen LogP contribution is -2.35. The highest BCUT2D eigenvalue weighted by Gasteiger charge is 2.25. The van der Waals surface area contributed by atoms with Gasteiger partial charge in [-0.25, -0.2) is 20.8 Å². The number of amides is 2. The van der Waals surface area contributed by atoms with Crippen LogP contribution in [-0.4, -0.2) is 81.8 Å². The minimum atomic E-state index is -3.73. The maximum absolute atomic E-state index is 13.4. The Morgan fingerprint density at radius 2 is 1.06 bits per heavy atom. The van der Waals surface area contributed by atoms with Gasteiger partial charge in [0.05, 0.1) is 15.3 Å². The fourth-order valence-corrected chi connectivity index (χ4v) is 12.5. The van der Waals surface area contributed by atoms with Crippen LogP contribution in [0.2, 0.25) is 0 Å². The number of allylic oxidation sites excluding steroid dienone is 1. The molecular formula is C51H62ClN3O7S2. The number of rotatable bonds is 5. The Morgan fingerprint density at radius 3 is 1.55 bits per heavy atom. The molecule has 0 saturated carbocycles. The summed E-state index contributed by atoms with van der Waals surface area (Å²) < 4.78 is 55.4. The van der Waals surface area contributed by atoms with Gasteiger partial charge in [0.2, 0.25) is 0 Å². The van der Waals surface area contributed by atoms with Crippen molar-refractivity contribution >= 4 is 58.5 Å². The summed E-state index contributed by atoms with van der Waals surface area (Å²) in [6, 6.07) is 20.5. The summed E-state index contributed by atoms with van der Waals surface area (Å²) >= 11 is 0. The molecule has 0 atom stereocenters. The van der Waals surface area contributed by atoms with Gasteiger partial charge in [-0.05, 0) is 169 Å². The van der Waals surface area contributed by atoms with Crippen molar-refractivity contribution in [2.24, 2.45) is 0 Å². The van der Waals surface area contributed by atoms with Crippen molar-refractivity contribution in [3.8, 4) is 0 Å². The van der Waals surface area contributed by atoms with E-state index in [4.69, 9.17) is 15.4 Å². The lowest BCUT2D eigenvalue weighted by Gasteiger charge is -2.26. The van der Waals surface area contributed by atoms with Crippen molar-refractivity contribution in [3.05, 3.63) is 135 Å². The van der Waals surface area contributed by atoms with E-state index in [1.165, 1.54) is 40.8 Å². The van der Waals surface area contributed by atoms with E-state index in [9.17, 15) is 26.4 Å². The van der Waals surface area contributed by atoms with E-state index in [0.717, 1.165) is 105 Å². The van der Waals surface area contributed by atoms with Gasteiger partial charge in [-0.3, -0.25) is 9.59 Å². The molecule has 342 valence electrons. The van der Waals surface area contributed by atoms with Crippen LogP contribution in [0.25, 0.3) is 17.0 Å². The number of carbonyl (C=O) groups is 2. The predicted molar refractivity (Wildman–Crippen MR) is 258 cm³/mol. The average Bonchev–Trinajstić information content (AvgIpc) is 4.07. The third-order valence-corrected chi connectivity index (χ3v) is 15.6. The van der Waals surface area contributed by atoms with Crippen molar-refractivity contribution in [2.45, 2.75) is 109 Å². The first-order valence-electron chi connectivity index (χ1n) is 22.4. The van der Waals surface area contributed by atoms with Crippen LogP contribution in [0.15, 0.2) is 88.8 Å². The number of benzene rings is 4. The lowest BCUT2D eigenvalue weighted by atomic mass is 10.0. The maximum Gasteiger partial charge on any atom is 0.268 e. The Hall–Kier alpha value is -4.75. The first-order chi connectivity index (χ1) is 30.4. The third kappa shape index (κ3) is 11.9. The molecule has 3 aliphatic heterocycles. The molecule has 10 nitrogen and oxygen atoms in total. The average molecular weight is 929 g/mol. The van der Waals surface area contributed by atoms with E-state index in [2.05, 4.69) is 18.2 Å². The van der Waals surface area contributed by atoms with Crippen molar-refractivity contribution in [3.63, 3.8) is 0 Å².